The average molecular weight is 308 g/mol. The summed E-state index contributed by atoms with van der Waals surface area (Å²) in [6.07, 6.45) is 0.546. The molecule has 4 heteroatoms. The molecule has 0 aromatic heterocycles. The first-order chi connectivity index (χ1) is 11.1. The predicted octanol–water partition coefficient (Wildman–Crippen LogP) is 3.30. The van der Waals surface area contributed by atoms with Crippen molar-refractivity contribution in [3.05, 3.63) is 59.7 Å². The molecule has 1 N–H and O–H groups in total. The lowest BCUT2D eigenvalue weighted by Crippen LogP contribution is -2.33. The summed E-state index contributed by atoms with van der Waals surface area (Å²) in [7, 11) is 0. The Morgan fingerprint density at radius 1 is 1.13 bits per heavy atom. The highest BCUT2D eigenvalue weighted by Gasteiger charge is 2.37. The largest absolute Gasteiger partial charge is 0.325 e. The maximum Gasteiger partial charge on any atom is 0.239 e. The lowest BCUT2D eigenvalue weighted by Gasteiger charge is -2.17. The Hall–Kier alpha value is -2.62. The molecular formula is C19H20N2O2. The van der Waals surface area contributed by atoms with Crippen LogP contribution >= 0.6 is 0 Å². The maximum atomic E-state index is 12.6. The van der Waals surface area contributed by atoms with Crippen LogP contribution < -0.4 is 10.2 Å². The molecule has 0 radical (unpaired) electrons. The fourth-order valence-electron chi connectivity index (χ4n) is 2.88. The second-order valence-corrected chi connectivity index (χ2v) is 5.97. The molecule has 1 fully saturated rings. The van der Waals surface area contributed by atoms with Crippen molar-refractivity contribution in [2.45, 2.75) is 20.3 Å². The van der Waals surface area contributed by atoms with Crippen LogP contribution in [0.15, 0.2) is 48.5 Å². The smallest absolute Gasteiger partial charge is 0.239 e. The molecular weight excluding hydrogens is 288 g/mol. The molecule has 2 amide bonds. The van der Waals surface area contributed by atoms with Gasteiger partial charge in [-0.15, -0.1) is 0 Å². The van der Waals surface area contributed by atoms with Gasteiger partial charge in [0.05, 0.1) is 0 Å². The van der Waals surface area contributed by atoms with E-state index in [0.29, 0.717) is 13.0 Å². The van der Waals surface area contributed by atoms with Gasteiger partial charge in [-0.25, -0.2) is 0 Å². The number of hydrogen-bond donors (Lipinski definition) is 1. The predicted molar refractivity (Wildman–Crippen MR) is 91.4 cm³/mol. The first-order valence-electron chi connectivity index (χ1n) is 7.81. The highest BCUT2D eigenvalue weighted by molar-refractivity contribution is 6.13. The summed E-state index contributed by atoms with van der Waals surface area (Å²) in [5.74, 6) is -0.962. The number of carbonyl (C=O) groups is 2. The molecule has 23 heavy (non-hydrogen) atoms. The summed E-state index contributed by atoms with van der Waals surface area (Å²) in [6, 6.07) is 15.4. The Balaban J connectivity index is 1.74. The lowest BCUT2D eigenvalue weighted by atomic mass is 10.1. The van der Waals surface area contributed by atoms with E-state index in [2.05, 4.69) is 5.32 Å². The van der Waals surface area contributed by atoms with Crippen LogP contribution in [0, 0.1) is 19.8 Å². The summed E-state index contributed by atoms with van der Waals surface area (Å²) in [4.78, 5) is 26.7. The number of aryl methyl sites for hydroxylation is 2. The number of para-hydroxylation sites is 1. The zero-order chi connectivity index (χ0) is 16.4. The monoisotopic (exact) mass is 308 g/mol. The quantitative estimate of drug-likeness (QED) is 0.885. The molecule has 1 saturated heterocycles. The number of hydrogen-bond acceptors (Lipinski definition) is 2. The van der Waals surface area contributed by atoms with E-state index in [4.69, 9.17) is 0 Å². The summed E-state index contributed by atoms with van der Waals surface area (Å²) >= 11 is 0. The zero-order valence-corrected chi connectivity index (χ0v) is 13.4. The molecule has 2 aromatic carbocycles. The van der Waals surface area contributed by atoms with Gasteiger partial charge >= 0.3 is 0 Å². The van der Waals surface area contributed by atoms with E-state index in [1.807, 2.05) is 62.4 Å². The Bertz CT molecular complexity index is 740. The van der Waals surface area contributed by atoms with E-state index in [-0.39, 0.29) is 11.8 Å². The van der Waals surface area contributed by atoms with E-state index in [0.717, 1.165) is 22.5 Å². The van der Waals surface area contributed by atoms with Gasteiger partial charge in [0, 0.05) is 17.9 Å². The Morgan fingerprint density at radius 2 is 1.87 bits per heavy atom. The van der Waals surface area contributed by atoms with Crippen LogP contribution in [0.2, 0.25) is 0 Å². The minimum atomic E-state index is -0.616. The number of nitrogens with zero attached hydrogens (tertiary/aromatic N) is 1. The van der Waals surface area contributed by atoms with Gasteiger partial charge in [0.25, 0.3) is 0 Å². The van der Waals surface area contributed by atoms with Crippen molar-refractivity contribution in [1.82, 2.24) is 0 Å². The van der Waals surface area contributed by atoms with E-state index in [9.17, 15) is 9.59 Å². The van der Waals surface area contributed by atoms with E-state index >= 15 is 0 Å². The standard InChI is InChI=1S/C19H20N2O2/c1-13-8-9-14(2)17(12-13)20-18(22)16-10-11-21(19(16)23)15-6-4-3-5-7-15/h3-9,12,16H,10-11H2,1-2H3,(H,20,22). The number of nitrogens with one attached hydrogen (secondary N) is 1. The summed E-state index contributed by atoms with van der Waals surface area (Å²) < 4.78 is 0. The fraction of sp³-hybridized carbons (Fsp3) is 0.263. The molecule has 0 aliphatic carbocycles. The van der Waals surface area contributed by atoms with Gasteiger partial charge in [-0.3, -0.25) is 9.59 Å². The molecule has 3 rings (SSSR count). The third-order valence-corrected chi connectivity index (χ3v) is 4.24. The third kappa shape index (κ3) is 3.11. The highest BCUT2D eigenvalue weighted by Crippen LogP contribution is 2.26. The number of rotatable bonds is 3. The number of benzene rings is 2. The SMILES string of the molecule is Cc1ccc(C)c(NC(=O)C2CCN(c3ccccc3)C2=O)c1. The van der Waals surface area contributed by atoms with Crippen LogP contribution in [-0.4, -0.2) is 18.4 Å². The van der Waals surface area contributed by atoms with E-state index < -0.39 is 5.92 Å². The summed E-state index contributed by atoms with van der Waals surface area (Å²) in [5.41, 5.74) is 3.70. The Labute approximate surface area is 136 Å². The molecule has 0 saturated carbocycles. The normalized spacial score (nSPS) is 17.4. The van der Waals surface area contributed by atoms with Gasteiger partial charge < -0.3 is 10.2 Å². The van der Waals surface area contributed by atoms with Crippen LogP contribution in [0.3, 0.4) is 0 Å². The third-order valence-electron chi connectivity index (χ3n) is 4.24. The minimum absolute atomic E-state index is 0.126. The number of anilines is 2. The Kier molecular flexibility index (Phi) is 4.15. The van der Waals surface area contributed by atoms with Gasteiger partial charge in [-0.05, 0) is 49.6 Å². The van der Waals surface area contributed by atoms with Crippen LogP contribution in [0.25, 0.3) is 0 Å². The fourth-order valence-corrected chi connectivity index (χ4v) is 2.88. The Morgan fingerprint density at radius 3 is 2.61 bits per heavy atom. The van der Waals surface area contributed by atoms with Crippen molar-refractivity contribution < 1.29 is 9.59 Å². The van der Waals surface area contributed by atoms with Gasteiger partial charge in [-0.2, -0.15) is 0 Å². The molecule has 1 atom stereocenters. The zero-order valence-electron chi connectivity index (χ0n) is 13.4. The first-order valence-corrected chi connectivity index (χ1v) is 7.81. The summed E-state index contributed by atoms with van der Waals surface area (Å²) in [5, 5.41) is 2.91. The minimum Gasteiger partial charge on any atom is -0.325 e. The average Bonchev–Trinajstić information content (AvgIpc) is 2.93. The van der Waals surface area contributed by atoms with E-state index in [1.165, 1.54) is 0 Å². The molecule has 0 spiro atoms. The molecule has 1 aliphatic heterocycles. The first kappa shape index (κ1) is 15.3. The molecule has 2 aromatic rings. The van der Waals surface area contributed by atoms with Crippen molar-refractivity contribution in [2.24, 2.45) is 5.92 Å². The van der Waals surface area contributed by atoms with Crippen molar-refractivity contribution in [3.63, 3.8) is 0 Å². The number of carbonyl (C=O) groups excluding carboxylic acids is 2. The van der Waals surface area contributed by atoms with Crippen LogP contribution in [-0.2, 0) is 9.59 Å². The molecule has 1 aliphatic rings. The molecule has 118 valence electrons. The molecule has 4 nitrogen and oxygen atoms in total. The van der Waals surface area contributed by atoms with Crippen LogP contribution in [0.5, 0.6) is 0 Å². The topological polar surface area (TPSA) is 49.4 Å². The van der Waals surface area contributed by atoms with Crippen molar-refractivity contribution >= 4 is 23.2 Å². The second kappa shape index (κ2) is 6.24. The highest BCUT2D eigenvalue weighted by atomic mass is 16.2. The molecule has 1 heterocycles. The van der Waals surface area contributed by atoms with Gasteiger partial charge in [-0.1, -0.05) is 30.3 Å². The van der Waals surface area contributed by atoms with Crippen molar-refractivity contribution in [1.29, 1.82) is 0 Å². The number of amides is 2. The van der Waals surface area contributed by atoms with Crippen LogP contribution in [0.4, 0.5) is 11.4 Å². The van der Waals surface area contributed by atoms with Crippen LogP contribution in [0.1, 0.15) is 17.5 Å². The van der Waals surface area contributed by atoms with Gasteiger partial charge in [0.1, 0.15) is 5.92 Å². The van der Waals surface area contributed by atoms with E-state index in [1.54, 1.807) is 4.90 Å². The summed E-state index contributed by atoms with van der Waals surface area (Å²) in [6.45, 7) is 4.50. The molecule has 1 unspecified atom stereocenters. The van der Waals surface area contributed by atoms with Gasteiger partial charge in [0.2, 0.25) is 11.8 Å². The van der Waals surface area contributed by atoms with Crippen molar-refractivity contribution in [2.75, 3.05) is 16.8 Å². The second-order valence-electron chi connectivity index (χ2n) is 5.97. The van der Waals surface area contributed by atoms with Crippen molar-refractivity contribution in [3.8, 4) is 0 Å². The van der Waals surface area contributed by atoms with Gasteiger partial charge in [0.15, 0.2) is 0 Å². The molecule has 0 bridgehead atoms. The maximum absolute atomic E-state index is 12.6. The lowest BCUT2D eigenvalue weighted by molar-refractivity contribution is -0.129.